The van der Waals surface area contributed by atoms with Gasteiger partial charge in [-0.15, -0.1) is 0 Å². The molecule has 1 aromatic rings. The van der Waals surface area contributed by atoms with Crippen LogP contribution in [0.5, 0.6) is 0 Å². The summed E-state index contributed by atoms with van der Waals surface area (Å²) in [6.45, 7) is 0. The van der Waals surface area contributed by atoms with Crippen LogP contribution in [0.3, 0.4) is 0 Å². The van der Waals surface area contributed by atoms with Crippen molar-refractivity contribution in [1.29, 1.82) is 0 Å². The van der Waals surface area contributed by atoms with E-state index in [4.69, 9.17) is 0 Å². The molecule has 1 aromatic heterocycles. The minimum absolute atomic E-state index is 0.198. The average molecular weight is 218 g/mol. The van der Waals surface area contributed by atoms with Crippen molar-refractivity contribution in [2.24, 2.45) is 0 Å². The van der Waals surface area contributed by atoms with Gasteiger partial charge in [0.25, 0.3) is 5.69 Å². The molecule has 0 unspecified atom stereocenters. The molecule has 0 aliphatic carbocycles. The zero-order chi connectivity index (χ0) is 10.9. The Labute approximate surface area is 79.3 Å². The highest BCUT2D eigenvalue weighted by Crippen LogP contribution is 2.20. The van der Waals surface area contributed by atoms with Crippen LogP contribution < -0.4 is 4.73 Å². The fraction of sp³-hybridized carbons (Fsp3) is 0.167. The first-order valence-corrected chi connectivity index (χ1v) is 5.29. The summed E-state index contributed by atoms with van der Waals surface area (Å²) in [7, 11) is -3.76. The van der Waals surface area contributed by atoms with E-state index < -0.39 is 25.3 Å². The first-order valence-electron chi connectivity index (χ1n) is 3.39. The largest absolute Gasteiger partial charge is 0.619 e. The van der Waals surface area contributed by atoms with E-state index in [0.717, 1.165) is 18.5 Å². The molecular formula is C6H6N2O5S. The van der Waals surface area contributed by atoms with E-state index in [-0.39, 0.29) is 4.73 Å². The summed E-state index contributed by atoms with van der Waals surface area (Å²) in [6.07, 6.45) is 2.33. The number of pyridine rings is 1. The average Bonchev–Trinajstić information content (AvgIpc) is 2.01. The molecule has 0 aromatic carbocycles. The van der Waals surface area contributed by atoms with Gasteiger partial charge in [0.2, 0.25) is 11.1 Å². The van der Waals surface area contributed by atoms with Crippen molar-refractivity contribution in [3.63, 3.8) is 0 Å². The molecule has 14 heavy (non-hydrogen) atoms. The smallest absolute Gasteiger partial charge is 0.300 e. The molecule has 0 amide bonds. The van der Waals surface area contributed by atoms with E-state index in [2.05, 4.69) is 0 Å². The second-order valence-corrected chi connectivity index (χ2v) is 4.57. The number of aromatic nitrogens is 1. The third kappa shape index (κ3) is 1.96. The Bertz CT molecular complexity index is 481. The molecule has 8 heteroatoms. The van der Waals surface area contributed by atoms with E-state index in [9.17, 15) is 23.7 Å². The third-order valence-corrected chi connectivity index (χ3v) is 2.59. The fourth-order valence-corrected chi connectivity index (χ4v) is 1.71. The van der Waals surface area contributed by atoms with Crippen LogP contribution in [0.2, 0.25) is 0 Å². The van der Waals surface area contributed by atoms with Crippen LogP contribution >= 0.6 is 0 Å². The van der Waals surface area contributed by atoms with Gasteiger partial charge >= 0.3 is 0 Å². The van der Waals surface area contributed by atoms with Crippen molar-refractivity contribution >= 4 is 15.5 Å². The van der Waals surface area contributed by atoms with E-state index in [0.29, 0.717) is 6.20 Å². The first-order chi connectivity index (χ1) is 6.32. The summed E-state index contributed by atoms with van der Waals surface area (Å²) in [5.41, 5.74) is -0.598. The zero-order valence-corrected chi connectivity index (χ0v) is 7.89. The van der Waals surface area contributed by atoms with Crippen LogP contribution in [-0.2, 0) is 9.84 Å². The normalized spacial score (nSPS) is 11.2. The lowest BCUT2D eigenvalue weighted by molar-refractivity contribution is -0.608. The Morgan fingerprint density at radius 2 is 2.07 bits per heavy atom. The summed E-state index contributed by atoms with van der Waals surface area (Å²) >= 11 is 0. The summed E-state index contributed by atoms with van der Waals surface area (Å²) in [4.78, 5) is 8.98. The molecule has 0 spiro atoms. The van der Waals surface area contributed by atoms with Gasteiger partial charge in [0.05, 0.1) is 11.0 Å². The van der Waals surface area contributed by atoms with E-state index in [1.807, 2.05) is 0 Å². The molecule has 0 saturated carbocycles. The molecular weight excluding hydrogens is 212 g/mol. The number of rotatable bonds is 2. The van der Waals surface area contributed by atoms with E-state index >= 15 is 0 Å². The second kappa shape index (κ2) is 3.22. The fourth-order valence-electron chi connectivity index (χ4n) is 0.887. The molecule has 0 fully saturated rings. The Kier molecular flexibility index (Phi) is 2.39. The molecule has 0 radical (unpaired) electrons. The molecule has 0 N–H and O–H groups in total. The van der Waals surface area contributed by atoms with Gasteiger partial charge in [0.1, 0.15) is 0 Å². The Morgan fingerprint density at radius 1 is 1.50 bits per heavy atom. The van der Waals surface area contributed by atoms with Crippen molar-refractivity contribution in [3.8, 4) is 0 Å². The maximum Gasteiger partial charge on any atom is 0.300 e. The van der Waals surface area contributed by atoms with Gasteiger partial charge in [-0.3, -0.25) is 10.1 Å². The molecule has 0 aliphatic rings. The molecule has 0 bridgehead atoms. The monoisotopic (exact) mass is 218 g/mol. The van der Waals surface area contributed by atoms with Crippen LogP contribution in [0, 0.1) is 15.3 Å². The van der Waals surface area contributed by atoms with E-state index in [1.54, 1.807) is 0 Å². The van der Waals surface area contributed by atoms with Crippen LogP contribution in [0.1, 0.15) is 0 Å². The molecule has 1 rings (SSSR count). The lowest BCUT2D eigenvalue weighted by atomic mass is 10.4. The molecule has 0 aliphatic heterocycles. The predicted molar refractivity (Wildman–Crippen MR) is 45.2 cm³/mol. The Morgan fingerprint density at radius 3 is 2.50 bits per heavy atom. The van der Waals surface area contributed by atoms with Gasteiger partial charge in [0, 0.05) is 6.26 Å². The van der Waals surface area contributed by atoms with Crippen molar-refractivity contribution < 1.29 is 18.1 Å². The first kappa shape index (κ1) is 10.4. The standard InChI is InChI=1S/C6H6N2O5S/c1-14(12,13)6-4-7(9)3-2-5(6)8(10)11/h2-4H,1H3. The number of nitro groups is 1. The summed E-state index contributed by atoms with van der Waals surface area (Å²) < 4.78 is 22.3. The second-order valence-electron chi connectivity index (χ2n) is 2.58. The van der Waals surface area contributed by atoms with Crippen LogP contribution in [-0.4, -0.2) is 19.6 Å². The number of hydrogen-bond acceptors (Lipinski definition) is 5. The maximum absolute atomic E-state index is 11.1. The van der Waals surface area contributed by atoms with Crippen molar-refractivity contribution in [2.45, 2.75) is 4.90 Å². The van der Waals surface area contributed by atoms with Gasteiger partial charge in [-0.25, -0.2) is 8.42 Å². The SMILES string of the molecule is CS(=O)(=O)c1c[n+]([O-])ccc1[N+](=O)[O-]. The van der Waals surface area contributed by atoms with Gasteiger partial charge in [0.15, 0.2) is 16.0 Å². The van der Waals surface area contributed by atoms with Gasteiger partial charge in [-0.1, -0.05) is 0 Å². The molecule has 0 atom stereocenters. The van der Waals surface area contributed by atoms with E-state index in [1.165, 1.54) is 0 Å². The summed E-state index contributed by atoms with van der Waals surface area (Å²) in [5, 5.41) is 21.2. The lowest BCUT2D eigenvalue weighted by Gasteiger charge is -2.00. The molecule has 7 nitrogen and oxygen atoms in total. The van der Waals surface area contributed by atoms with Crippen LogP contribution in [0.4, 0.5) is 5.69 Å². The molecule has 0 saturated heterocycles. The molecule has 1 heterocycles. The van der Waals surface area contributed by atoms with Crippen molar-refractivity contribution in [2.75, 3.05) is 6.26 Å². The predicted octanol–water partition coefficient (Wildman–Crippen LogP) is -0.368. The van der Waals surface area contributed by atoms with Crippen molar-refractivity contribution in [3.05, 3.63) is 33.8 Å². The zero-order valence-electron chi connectivity index (χ0n) is 7.08. The topological polar surface area (TPSA) is 104 Å². The van der Waals surface area contributed by atoms with Crippen LogP contribution in [0.25, 0.3) is 0 Å². The highest BCUT2D eigenvalue weighted by atomic mass is 32.2. The minimum Gasteiger partial charge on any atom is -0.619 e. The highest BCUT2D eigenvalue weighted by molar-refractivity contribution is 7.90. The highest BCUT2D eigenvalue weighted by Gasteiger charge is 2.25. The lowest BCUT2D eigenvalue weighted by Crippen LogP contribution is -2.26. The summed E-state index contributed by atoms with van der Waals surface area (Å²) in [5.74, 6) is 0. The quantitative estimate of drug-likeness (QED) is 0.291. The molecule has 76 valence electrons. The maximum atomic E-state index is 11.1. The third-order valence-electron chi connectivity index (χ3n) is 1.47. The Hall–Kier alpha value is -1.70. The number of sulfone groups is 1. The van der Waals surface area contributed by atoms with Gasteiger partial charge in [-0.05, 0) is 0 Å². The number of hydrogen-bond donors (Lipinski definition) is 0. The number of nitrogens with zero attached hydrogens (tertiary/aromatic N) is 2. The van der Waals surface area contributed by atoms with Gasteiger partial charge in [-0.2, -0.15) is 4.73 Å². The minimum atomic E-state index is -3.76. The van der Waals surface area contributed by atoms with Crippen molar-refractivity contribution in [1.82, 2.24) is 0 Å². The Balaban J connectivity index is 3.54. The summed E-state index contributed by atoms with van der Waals surface area (Å²) in [6, 6.07) is 0.851. The van der Waals surface area contributed by atoms with Gasteiger partial charge < -0.3 is 5.21 Å². The van der Waals surface area contributed by atoms with Crippen LogP contribution in [0.15, 0.2) is 23.4 Å².